The summed E-state index contributed by atoms with van der Waals surface area (Å²) in [5.41, 5.74) is 0.428. The number of benzene rings is 1. The summed E-state index contributed by atoms with van der Waals surface area (Å²) < 4.78 is 1.05. The third kappa shape index (κ3) is 1.85. The van der Waals surface area contributed by atoms with Gasteiger partial charge in [0.15, 0.2) is 0 Å². The first-order valence-electron chi connectivity index (χ1n) is 5.85. The van der Waals surface area contributed by atoms with Crippen LogP contribution in [0.1, 0.15) is 5.69 Å². The molecule has 0 saturated heterocycles. The number of hydrogen-bond acceptors (Lipinski definition) is 3. The molecule has 5 nitrogen and oxygen atoms in total. The number of fused-ring (bicyclic) bond motifs is 1. The summed E-state index contributed by atoms with van der Waals surface area (Å²) in [5, 5.41) is 0.463. The second kappa shape index (κ2) is 4.20. The monoisotopic (exact) mass is 253 g/mol. The Hall–Kier alpha value is -2.69. The number of para-hydroxylation sites is 1. The lowest BCUT2D eigenvalue weighted by Crippen LogP contribution is -2.34. The minimum atomic E-state index is -0.484. The number of hydrogen-bond donors (Lipinski definition) is 1. The molecule has 19 heavy (non-hydrogen) atoms. The molecule has 2 aromatic heterocycles. The zero-order valence-corrected chi connectivity index (χ0v) is 10.3. The standard InChI is InChI=1S/C14H11N3O2/c1-9-5-4-8-12(15-9)17-13(18)10-6-2-3-7-11(10)16-14(17)19/h2-8H,1H3,(H,16,19). The van der Waals surface area contributed by atoms with E-state index in [1.807, 2.05) is 13.0 Å². The third-order valence-corrected chi connectivity index (χ3v) is 2.91. The molecule has 0 amide bonds. The fraction of sp³-hybridized carbons (Fsp3) is 0.0714. The van der Waals surface area contributed by atoms with E-state index < -0.39 is 5.69 Å². The maximum absolute atomic E-state index is 12.4. The summed E-state index contributed by atoms with van der Waals surface area (Å²) in [4.78, 5) is 31.3. The number of aromatic nitrogens is 3. The largest absolute Gasteiger partial charge is 0.334 e. The highest BCUT2D eigenvalue weighted by molar-refractivity contribution is 5.77. The van der Waals surface area contributed by atoms with Gasteiger partial charge in [0.05, 0.1) is 10.9 Å². The molecule has 0 aliphatic carbocycles. The number of nitrogens with zero attached hydrogens (tertiary/aromatic N) is 2. The SMILES string of the molecule is Cc1cccc(-n2c(=O)[nH]c3ccccc3c2=O)n1. The van der Waals surface area contributed by atoms with E-state index in [9.17, 15) is 9.59 Å². The van der Waals surface area contributed by atoms with Gasteiger partial charge in [0.2, 0.25) is 0 Å². The molecule has 0 aliphatic heterocycles. The van der Waals surface area contributed by atoms with E-state index in [4.69, 9.17) is 0 Å². The fourth-order valence-electron chi connectivity index (χ4n) is 2.02. The lowest BCUT2D eigenvalue weighted by atomic mass is 10.2. The molecule has 5 heteroatoms. The predicted molar refractivity (Wildman–Crippen MR) is 72.7 cm³/mol. The van der Waals surface area contributed by atoms with Gasteiger partial charge in [-0.2, -0.15) is 0 Å². The number of pyridine rings is 1. The Bertz CT molecular complexity index is 877. The Labute approximate surface area is 108 Å². The molecule has 1 N–H and O–H groups in total. The first kappa shape index (κ1) is 11.4. The predicted octanol–water partition coefficient (Wildman–Crippen LogP) is 1.38. The van der Waals surface area contributed by atoms with Gasteiger partial charge >= 0.3 is 5.69 Å². The number of aryl methyl sites for hydroxylation is 1. The van der Waals surface area contributed by atoms with Crippen molar-refractivity contribution in [1.29, 1.82) is 0 Å². The average Bonchev–Trinajstić information content (AvgIpc) is 2.39. The van der Waals surface area contributed by atoms with Crippen molar-refractivity contribution in [1.82, 2.24) is 14.5 Å². The smallest absolute Gasteiger partial charge is 0.306 e. The van der Waals surface area contributed by atoms with Crippen LogP contribution in [-0.4, -0.2) is 14.5 Å². The Morgan fingerprint density at radius 1 is 1.05 bits per heavy atom. The summed E-state index contributed by atoms with van der Waals surface area (Å²) in [6.45, 7) is 1.81. The molecule has 0 saturated carbocycles. The molecule has 0 spiro atoms. The van der Waals surface area contributed by atoms with Crippen molar-refractivity contribution in [2.24, 2.45) is 0 Å². The van der Waals surface area contributed by atoms with E-state index in [-0.39, 0.29) is 5.56 Å². The van der Waals surface area contributed by atoms with Crippen LogP contribution in [0.2, 0.25) is 0 Å². The maximum atomic E-state index is 12.4. The van der Waals surface area contributed by atoms with Crippen molar-refractivity contribution in [3.63, 3.8) is 0 Å². The van der Waals surface area contributed by atoms with Crippen molar-refractivity contribution in [2.75, 3.05) is 0 Å². The molecule has 3 rings (SSSR count). The molecule has 3 aromatic rings. The molecule has 0 aliphatic rings. The zero-order chi connectivity index (χ0) is 13.4. The second-order valence-corrected chi connectivity index (χ2v) is 4.25. The lowest BCUT2D eigenvalue weighted by molar-refractivity contribution is 0.862. The van der Waals surface area contributed by atoms with Gasteiger partial charge in [0.1, 0.15) is 5.82 Å². The molecule has 0 fully saturated rings. The van der Waals surface area contributed by atoms with Crippen molar-refractivity contribution >= 4 is 10.9 Å². The van der Waals surface area contributed by atoms with Crippen molar-refractivity contribution in [3.8, 4) is 5.82 Å². The summed E-state index contributed by atoms with van der Waals surface area (Å²) in [6, 6.07) is 12.1. The highest BCUT2D eigenvalue weighted by Crippen LogP contribution is 2.05. The molecule has 2 heterocycles. The summed E-state index contributed by atoms with van der Waals surface area (Å²) in [7, 11) is 0. The van der Waals surface area contributed by atoms with Crippen molar-refractivity contribution in [3.05, 3.63) is 69.0 Å². The van der Waals surface area contributed by atoms with Gasteiger partial charge in [-0.3, -0.25) is 4.79 Å². The van der Waals surface area contributed by atoms with Crippen LogP contribution in [0.5, 0.6) is 0 Å². The van der Waals surface area contributed by atoms with Crippen LogP contribution in [-0.2, 0) is 0 Å². The Morgan fingerprint density at radius 2 is 1.84 bits per heavy atom. The molecule has 0 unspecified atom stereocenters. The minimum Gasteiger partial charge on any atom is -0.306 e. The highest BCUT2D eigenvalue weighted by atomic mass is 16.2. The van der Waals surface area contributed by atoms with Crippen LogP contribution in [0, 0.1) is 6.92 Å². The van der Waals surface area contributed by atoms with Crippen LogP contribution >= 0.6 is 0 Å². The number of nitrogens with one attached hydrogen (secondary N) is 1. The van der Waals surface area contributed by atoms with Gasteiger partial charge < -0.3 is 4.98 Å². The first-order chi connectivity index (χ1) is 9.16. The molecule has 0 bridgehead atoms. The molecule has 0 radical (unpaired) electrons. The summed E-state index contributed by atoms with van der Waals surface area (Å²) in [6.07, 6.45) is 0. The molecule has 94 valence electrons. The molecular weight excluding hydrogens is 242 g/mol. The van der Waals surface area contributed by atoms with Crippen LogP contribution in [0.25, 0.3) is 16.7 Å². The normalized spacial score (nSPS) is 10.8. The van der Waals surface area contributed by atoms with Gasteiger partial charge in [-0.25, -0.2) is 14.3 Å². The van der Waals surface area contributed by atoms with Crippen LogP contribution < -0.4 is 11.2 Å². The van der Waals surface area contributed by atoms with E-state index >= 15 is 0 Å². The van der Waals surface area contributed by atoms with Crippen LogP contribution in [0.3, 0.4) is 0 Å². The van der Waals surface area contributed by atoms with Gasteiger partial charge in [-0.1, -0.05) is 18.2 Å². The van der Waals surface area contributed by atoms with E-state index in [0.29, 0.717) is 16.7 Å². The van der Waals surface area contributed by atoms with Gasteiger partial charge in [0, 0.05) is 5.69 Å². The quantitative estimate of drug-likeness (QED) is 0.712. The average molecular weight is 253 g/mol. The van der Waals surface area contributed by atoms with Crippen molar-refractivity contribution < 1.29 is 0 Å². The van der Waals surface area contributed by atoms with E-state index in [1.165, 1.54) is 0 Å². The first-order valence-corrected chi connectivity index (χ1v) is 5.85. The molecule has 0 atom stereocenters. The Kier molecular flexibility index (Phi) is 2.52. The Morgan fingerprint density at radius 3 is 2.63 bits per heavy atom. The maximum Gasteiger partial charge on any atom is 0.334 e. The topological polar surface area (TPSA) is 67.8 Å². The van der Waals surface area contributed by atoms with Crippen molar-refractivity contribution in [2.45, 2.75) is 6.92 Å². The summed E-state index contributed by atoms with van der Waals surface area (Å²) in [5.74, 6) is 0.331. The van der Waals surface area contributed by atoms with Gasteiger partial charge in [-0.05, 0) is 31.2 Å². The second-order valence-electron chi connectivity index (χ2n) is 4.25. The molecule has 1 aromatic carbocycles. The van der Waals surface area contributed by atoms with Crippen LogP contribution in [0.4, 0.5) is 0 Å². The highest BCUT2D eigenvalue weighted by Gasteiger charge is 2.09. The third-order valence-electron chi connectivity index (χ3n) is 2.91. The van der Waals surface area contributed by atoms with E-state index in [0.717, 1.165) is 10.3 Å². The van der Waals surface area contributed by atoms with Gasteiger partial charge in [-0.15, -0.1) is 0 Å². The lowest BCUT2D eigenvalue weighted by Gasteiger charge is -2.05. The fourth-order valence-corrected chi connectivity index (χ4v) is 2.02. The van der Waals surface area contributed by atoms with Gasteiger partial charge in [0.25, 0.3) is 5.56 Å². The number of H-pyrrole nitrogens is 1. The molecular formula is C14H11N3O2. The number of aromatic amines is 1. The minimum absolute atomic E-state index is 0.331. The zero-order valence-electron chi connectivity index (χ0n) is 10.3. The Balaban J connectivity index is 2.42. The van der Waals surface area contributed by atoms with Crippen LogP contribution in [0.15, 0.2) is 52.1 Å². The number of rotatable bonds is 1. The van der Waals surface area contributed by atoms with E-state index in [1.54, 1.807) is 36.4 Å². The summed E-state index contributed by atoms with van der Waals surface area (Å²) >= 11 is 0. The van der Waals surface area contributed by atoms with E-state index in [2.05, 4.69) is 9.97 Å².